The van der Waals surface area contributed by atoms with E-state index in [2.05, 4.69) is 5.32 Å². The van der Waals surface area contributed by atoms with Crippen LogP contribution in [-0.4, -0.2) is 54.0 Å². The van der Waals surface area contributed by atoms with Gasteiger partial charge in [0.1, 0.15) is 5.60 Å². The second-order valence-corrected chi connectivity index (χ2v) is 7.95. The predicted octanol–water partition coefficient (Wildman–Crippen LogP) is 2.69. The van der Waals surface area contributed by atoms with E-state index in [4.69, 9.17) is 9.47 Å². The molecule has 0 aromatic carbocycles. The summed E-state index contributed by atoms with van der Waals surface area (Å²) < 4.78 is 11.5. The summed E-state index contributed by atoms with van der Waals surface area (Å²) in [4.78, 5) is 14.3. The largest absolute Gasteiger partial charge is 0.444 e. The standard InChI is InChI=1S/C17H30N2O3/c1-17(2,3)22-16(20)19-9-5-4-6-12(19)11-18-14-10-13-7-8-15(14)21-13/h12-15,18H,4-11H2,1-3H3. The molecule has 3 saturated heterocycles. The Bertz CT molecular complexity index is 407. The van der Waals surface area contributed by atoms with Gasteiger partial charge in [-0.2, -0.15) is 0 Å². The minimum absolute atomic E-state index is 0.164. The number of rotatable bonds is 3. The average Bonchev–Trinajstić information content (AvgIpc) is 3.06. The van der Waals surface area contributed by atoms with Gasteiger partial charge in [-0.15, -0.1) is 0 Å². The van der Waals surface area contributed by atoms with Gasteiger partial charge in [-0.25, -0.2) is 4.79 Å². The van der Waals surface area contributed by atoms with E-state index in [9.17, 15) is 4.79 Å². The fraction of sp³-hybridized carbons (Fsp3) is 0.941. The number of hydrogen-bond donors (Lipinski definition) is 1. The molecule has 5 nitrogen and oxygen atoms in total. The van der Waals surface area contributed by atoms with E-state index >= 15 is 0 Å². The van der Waals surface area contributed by atoms with Gasteiger partial charge in [-0.3, -0.25) is 0 Å². The monoisotopic (exact) mass is 310 g/mol. The summed E-state index contributed by atoms with van der Waals surface area (Å²) in [5.41, 5.74) is -0.426. The third kappa shape index (κ3) is 3.74. The maximum atomic E-state index is 12.4. The molecule has 0 aromatic rings. The van der Waals surface area contributed by atoms with Crippen LogP contribution in [0.25, 0.3) is 0 Å². The third-order valence-electron chi connectivity index (χ3n) is 4.98. The molecule has 3 aliphatic heterocycles. The van der Waals surface area contributed by atoms with Crippen LogP contribution < -0.4 is 5.32 Å². The summed E-state index contributed by atoms with van der Waals surface area (Å²) in [6, 6.07) is 0.726. The molecule has 1 amide bonds. The maximum Gasteiger partial charge on any atom is 0.410 e. The first-order chi connectivity index (χ1) is 10.4. The first-order valence-corrected chi connectivity index (χ1v) is 8.81. The molecule has 0 spiro atoms. The Labute approximate surface area is 133 Å². The van der Waals surface area contributed by atoms with Gasteiger partial charge in [0.15, 0.2) is 0 Å². The van der Waals surface area contributed by atoms with Gasteiger partial charge in [0.05, 0.1) is 12.2 Å². The van der Waals surface area contributed by atoms with Crippen LogP contribution in [-0.2, 0) is 9.47 Å². The van der Waals surface area contributed by atoms with E-state index in [-0.39, 0.29) is 12.1 Å². The molecule has 4 atom stereocenters. The molecular weight excluding hydrogens is 280 g/mol. The van der Waals surface area contributed by atoms with E-state index in [1.807, 2.05) is 25.7 Å². The molecule has 1 N–H and O–H groups in total. The Hall–Kier alpha value is -0.810. The Balaban J connectivity index is 1.52. The van der Waals surface area contributed by atoms with Crippen LogP contribution in [0.3, 0.4) is 0 Å². The molecular formula is C17H30N2O3. The lowest BCUT2D eigenvalue weighted by Gasteiger charge is -2.37. The Morgan fingerprint density at radius 1 is 1.27 bits per heavy atom. The summed E-state index contributed by atoms with van der Waals surface area (Å²) in [7, 11) is 0. The van der Waals surface area contributed by atoms with Crippen LogP contribution in [0.1, 0.15) is 59.3 Å². The summed E-state index contributed by atoms with van der Waals surface area (Å²) in [5.74, 6) is 0. The average molecular weight is 310 g/mol. The van der Waals surface area contributed by atoms with Crippen LogP contribution in [0.15, 0.2) is 0 Å². The summed E-state index contributed by atoms with van der Waals surface area (Å²) in [6.45, 7) is 7.45. The molecule has 3 rings (SSSR count). The number of ether oxygens (including phenoxy) is 2. The second kappa shape index (κ2) is 6.36. The van der Waals surface area contributed by atoms with Crippen molar-refractivity contribution in [2.75, 3.05) is 13.1 Å². The molecule has 126 valence electrons. The number of piperidine rings is 1. The number of hydrogen-bond acceptors (Lipinski definition) is 4. The van der Waals surface area contributed by atoms with Crippen LogP contribution >= 0.6 is 0 Å². The van der Waals surface area contributed by atoms with Crippen molar-refractivity contribution in [1.29, 1.82) is 0 Å². The van der Waals surface area contributed by atoms with E-state index in [1.165, 1.54) is 19.3 Å². The van der Waals surface area contributed by atoms with Gasteiger partial charge >= 0.3 is 6.09 Å². The number of carbonyl (C=O) groups is 1. The predicted molar refractivity (Wildman–Crippen MR) is 84.9 cm³/mol. The summed E-state index contributed by atoms with van der Waals surface area (Å²) in [6.07, 6.45) is 7.56. The number of fused-ring (bicyclic) bond motifs is 2. The Morgan fingerprint density at radius 3 is 2.73 bits per heavy atom. The van der Waals surface area contributed by atoms with Crippen molar-refractivity contribution in [2.45, 2.75) is 89.2 Å². The number of nitrogens with one attached hydrogen (secondary N) is 1. The number of amides is 1. The molecule has 3 aliphatic rings. The van der Waals surface area contributed by atoms with Crippen molar-refractivity contribution in [2.24, 2.45) is 0 Å². The summed E-state index contributed by atoms with van der Waals surface area (Å²) in [5, 5.41) is 3.66. The van der Waals surface area contributed by atoms with Crippen molar-refractivity contribution in [3.05, 3.63) is 0 Å². The van der Waals surface area contributed by atoms with Gasteiger partial charge in [0, 0.05) is 25.2 Å². The highest BCUT2D eigenvalue weighted by molar-refractivity contribution is 5.68. The molecule has 22 heavy (non-hydrogen) atoms. The zero-order valence-corrected chi connectivity index (χ0v) is 14.1. The lowest BCUT2D eigenvalue weighted by molar-refractivity contribution is 0.00935. The van der Waals surface area contributed by atoms with Crippen molar-refractivity contribution < 1.29 is 14.3 Å². The second-order valence-electron chi connectivity index (χ2n) is 7.95. The molecule has 5 heteroatoms. The molecule has 2 bridgehead atoms. The van der Waals surface area contributed by atoms with Crippen molar-refractivity contribution >= 4 is 6.09 Å². The molecule has 0 aliphatic carbocycles. The van der Waals surface area contributed by atoms with Crippen LogP contribution in [0.5, 0.6) is 0 Å². The molecule has 3 fully saturated rings. The highest BCUT2D eigenvalue weighted by Gasteiger charge is 2.41. The zero-order valence-electron chi connectivity index (χ0n) is 14.1. The number of nitrogens with zero attached hydrogens (tertiary/aromatic N) is 1. The van der Waals surface area contributed by atoms with Gasteiger partial charge in [-0.1, -0.05) is 0 Å². The minimum atomic E-state index is -0.426. The molecule has 0 radical (unpaired) electrons. The van der Waals surface area contributed by atoms with E-state index in [0.29, 0.717) is 18.2 Å². The van der Waals surface area contributed by atoms with Gasteiger partial charge in [-0.05, 0) is 59.3 Å². The van der Waals surface area contributed by atoms with E-state index in [1.54, 1.807) is 0 Å². The SMILES string of the molecule is CC(C)(C)OC(=O)N1CCCCC1CNC1CC2CCC1O2. The van der Waals surface area contributed by atoms with Crippen molar-refractivity contribution in [3.63, 3.8) is 0 Å². The van der Waals surface area contributed by atoms with E-state index < -0.39 is 5.60 Å². The van der Waals surface area contributed by atoms with Gasteiger partial charge in [0.2, 0.25) is 0 Å². The van der Waals surface area contributed by atoms with Gasteiger partial charge in [0.25, 0.3) is 0 Å². The first-order valence-electron chi connectivity index (χ1n) is 8.81. The van der Waals surface area contributed by atoms with Crippen molar-refractivity contribution in [3.8, 4) is 0 Å². The lowest BCUT2D eigenvalue weighted by Crippen LogP contribution is -2.52. The lowest BCUT2D eigenvalue weighted by atomic mass is 9.94. The third-order valence-corrected chi connectivity index (χ3v) is 4.98. The zero-order chi connectivity index (χ0) is 15.7. The van der Waals surface area contributed by atoms with Crippen LogP contribution in [0, 0.1) is 0 Å². The Kier molecular flexibility index (Phi) is 4.64. The fourth-order valence-electron chi connectivity index (χ4n) is 3.91. The maximum absolute atomic E-state index is 12.4. The number of likely N-dealkylation sites (tertiary alicyclic amines) is 1. The molecule has 4 unspecified atom stereocenters. The minimum Gasteiger partial charge on any atom is -0.444 e. The van der Waals surface area contributed by atoms with Gasteiger partial charge < -0.3 is 19.7 Å². The molecule has 0 saturated carbocycles. The summed E-state index contributed by atoms with van der Waals surface area (Å²) >= 11 is 0. The molecule has 0 aromatic heterocycles. The quantitative estimate of drug-likeness (QED) is 0.871. The highest BCUT2D eigenvalue weighted by Crippen LogP contribution is 2.34. The Morgan fingerprint density at radius 2 is 2.09 bits per heavy atom. The first kappa shape index (κ1) is 16.1. The van der Waals surface area contributed by atoms with Crippen LogP contribution in [0.4, 0.5) is 4.79 Å². The fourth-order valence-corrected chi connectivity index (χ4v) is 3.91. The topological polar surface area (TPSA) is 50.8 Å². The van der Waals surface area contributed by atoms with E-state index in [0.717, 1.165) is 32.4 Å². The smallest absolute Gasteiger partial charge is 0.410 e. The normalized spacial score (nSPS) is 35.0. The van der Waals surface area contributed by atoms with Crippen molar-refractivity contribution in [1.82, 2.24) is 10.2 Å². The number of carbonyl (C=O) groups excluding carboxylic acids is 1. The molecule has 3 heterocycles. The van der Waals surface area contributed by atoms with Crippen LogP contribution in [0.2, 0.25) is 0 Å². The highest BCUT2D eigenvalue weighted by atomic mass is 16.6.